The van der Waals surface area contributed by atoms with Gasteiger partial charge in [-0.1, -0.05) is 31.5 Å². The lowest BCUT2D eigenvalue weighted by Crippen LogP contribution is -2.43. The Balaban J connectivity index is 2.54. The number of hydrogen-bond donors (Lipinski definition) is 2. The van der Waals surface area contributed by atoms with E-state index in [2.05, 4.69) is 5.32 Å². The van der Waals surface area contributed by atoms with Crippen molar-refractivity contribution in [2.75, 3.05) is 6.61 Å². The van der Waals surface area contributed by atoms with Gasteiger partial charge in [-0.3, -0.25) is 4.79 Å². The normalized spacial score (nSPS) is 12.0. The minimum atomic E-state index is -1.02. The van der Waals surface area contributed by atoms with Gasteiger partial charge >= 0.3 is 5.97 Å². The fourth-order valence-corrected chi connectivity index (χ4v) is 2.03. The number of aliphatic carboxylic acids is 1. The van der Waals surface area contributed by atoms with Crippen LogP contribution in [0.4, 0.5) is 0 Å². The molecule has 1 amide bonds. The molecule has 0 heterocycles. The van der Waals surface area contributed by atoms with Gasteiger partial charge in [0.15, 0.2) is 6.61 Å². The summed E-state index contributed by atoms with van der Waals surface area (Å²) in [5.74, 6) is -0.635. The largest absolute Gasteiger partial charge is 0.484 e. The third-order valence-corrected chi connectivity index (χ3v) is 3.03. The highest BCUT2D eigenvalue weighted by Gasteiger charge is 2.21. The maximum absolute atomic E-state index is 11.8. The van der Waals surface area contributed by atoms with Gasteiger partial charge in [0, 0.05) is 0 Å². The summed E-state index contributed by atoms with van der Waals surface area (Å²) >= 11 is 0. The number of ether oxygens (including phenoxy) is 1. The van der Waals surface area contributed by atoms with Crippen LogP contribution in [0.2, 0.25) is 0 Å². The number of amides is 1. The second kappa shape index (κ2) is 7.67. The highest BCUT2D eigenvalue weighted by Crippen LogP contribution is 2.18. The van der Waals surface area contributed by atoms with Crippen LogP contribution in [0.15, 0.2) is 18.2 Å². The maximum Gasteiger partial charge on any atom is 0.326 e. The highest BCUT2D eigenvalue weighted by atomic mass is 16.5. The molecule has 0 aliphatic heterocycles. The van der Waals surface area contributed by atoms with Gasteiger partial charge in [-0.2, -0.15) is 0 Å². The van der Waals surface area contributed by atoms with Crippen molar-refractivity contribution < 1.29 is 19.4 Å². The van der Waals surface area contributed by atoms with Gasteiger partial charge in [0.25, 0.3) is 5.91 Å². The second-order valence-electron chi connectivity index (χ2n) is 5.65. The number of aryl methyl sites for hydroxylation is 2. The molecule has 0 aliphatic rings. The van der Waals surface area contributed by atoms with Crippen LogP contribution in [-0.4, -0.2) is 29.6 Å². The van der Waals surface area contributed by atoms with Crippen LogP contribution in [0.1, 0.15) is 31.4 Å². The first-order valence-corrected chi connectivity index (χ1v) is 7.01. The average Bonchev–Trinajstić information content (AvgIpc) is 2.36. The molecule has 0 fully saturated rings. The van der Waals surface area contributed by atoms with Crippen molar-refractivity contribution in [1.29, 1.82) is 0 Å². The summed E-state index contributed by atoms with van der Waals surface area (Å²) in [5, 5.41) is 11.6. The molecule has 5 nitrogen and oxygen atoms in total. The molecule has 1 aromatic rings. The average molecular weight is 293 g/mol. The Morgan fingerprint density at radius 2 is 1.95 bits per heavy atom. The Hall–Kier alpha value is -2.04. The molecule has 1 rings (SSSR count). The lowest BCUT2D eigenvalue weighted by molar-refractivity contribution is -0.142. The highest BCUT2D eigenvalue weighted by molar-refractivity contribution is 5.84. The van der Waals surface area contributed by atoms with Gasteiger partial charge in [0.2, 0.25) is 0 Å². The van der Waals surface area contributed by atoms with Crippen molar-refractivity contribution in [3.05, 3.63) is 29.3 Å². The lowest BCUT2D eigenvalue weighted by atomic mass is 10.0. The maximum atomic E-state index is 11.8. The van der Waals surface area contributed by atoms with Gasteiger partial charge in [-0.15, -0.1) is 0 Å². The molecular formula is C16H23NO4. The Morgan fingerprint density at radius 1 is 1.29 bits per heavy atom. The van der Waals surface area contributed by atoms with E-state index in [4.69, 9.17) is 9.84 Å². The van der Waals surface area contributed by atoms with Crippen LogP contribution >= 0.6 is 0 Å². The quantitative estimate of drug-likeness (QED) is 0.809. The van der Waals surface area contributed by atoms with Gasteiger partial charge < -0.3 is 15.2 Å². The summed E-state index contributed by atoms with van der Waals surface area (Å²) in [6, 6.07) is 4.80. The third kappa shape index (κ3) is 5.85. The molecule has 0 aromatic heterocycles. The fraction of sp³-hybridized carbons (Fsp3) is 0.500. The monoisotopic (exact) mass is 293 g/mol. The standard InChI is InChI=1S/C16H23NO4/c1-10(2)7-13(16(19)20)17-15(18)9-21-14-6-5-11(3)8-12(14)4/h5-6,8,10,13H,7,9H2,1-4H3,(H,17,18)(H,19,20)/t13-/m0/s1. The Kier molecular flexibility index (Phi) is 6.21. The molecule has 116 valence electrons. The van der Waals surface area contributed by atoms with Crippen LogP contribution < -0.4 is 10.1 Å². The van der Waals surface area contributed by atoms with E-state index in [9.17, 15) is 9.59 Å². The van der Waals surface area contributed by atoms with Crippen molar-refractivity contribution in [2.24, 2.45) is 5.92 Å². The topological polar surface area (TPSA) is 75.6 Å². The van der Waals surface area contributed by atoms with E-state index in [1.54, 1.807) is 6.07 Å². The molecule has 0 saturated heterocycles. The summed E-state index contributed by atoms with van der Waals surface area (Å²) in [6.45, 7) is 7.51. The molecule has 0 spiro atoms. The predicted octanol–water partition coefficient (Wildman–Crippen LogP) is 2.30. The van der Waals surface area contributed by atoms with E-state index in [1.165, 1.54) is 0 Å². The summed E-state index contributed by atoms with van der Waals surface area (Å²) < 4.78 is 5.43. The number of nitrogens with one attached hydrogen (secondary N) is 1. The minimum absolute atomic E-state index is 0.187. The summed E-state index contributed by atoms with van der Waals surface area (Å²) in [6.07, 6.45) is 0.393. The smallest absolute Gasteiger partial charge is 0.326 e. The zero-order chi connectivity index (χ0) is 16.0. The summed E-state index contributed by atoms with van der Waals surface area (Å²) in [7, 11) is 0. The molecule has 1 aromatic carbocycles. The molecule has 0 aliphatic carbocycles. The molecule has 21 heavy (non-hydrogen) atoms. The second-order valence-corrected chi connectivity index (χ2v) is 5.65. The zero-order valence-electron chi connectivity index (χ0n) is 13.0. The number of hydrogen-bond acceptors (Lipinski definition) is 3. The van der Waals surface area contributed by atoms with Crippen LogP contribution in [0.5, 0.6) is 5.75 Å². The van der Waals surface area contributed by atoms with Crippen LogP contribution in [0.25, 0.3) is 0 Å². The van der Waals surface area contributed by atoms with E-state index in [0.717, 1.165) is 11.1 Å². The molecule has 2 N–H and O–H groups in total. The Bertz CT molecular complexity index is 511. The first kappa shape index (κ1) is 17.0. The van der Waals surface area contributed by atoms with Gasteiger partial charge in [-0.25, -0.2) is 4.79 Å². The van der Waals surface area contributed by atoms with Crippen LogP contribution in [0, 0.1) is 19.8 Å². The molecule has 0 unspecified atom stereocenters. The number of benzene rings is 1. The number of carbonyl (C=O) groups excluding carboxylic acids is 1. The van der Waals surface area contributed by atoms with Crippen LogP contribution in [0.3, 0.4) is 0 Å². The Labute approximate surface area is 125 Å². The fourth-order valence-electron chi connectivity index (χ4n) is 2.03. The van der Waals surface area contributed by atoms with Crippen molar-refractivity contribution in [2.45, 2.75) is 40.2 Å². The van der Waals surface area contributed by atoms with Crippen molar-refractivity contribution >= 4 is 11.9 Å². The molecule has 0 saturated carbocycles. The minimum Gasteiger partial charge on any atom is -0.484 e. The number of carbonyl (C=O) groups is 2. The molecule has 5 heteroatoms. The molecule has 1 atom stereocenters. The van der Waals surface area contributed by atoms with Gasteiger partial charge in [-0.05, 0) is 37.8 Å². The van der Waals surface area contributed by atoms with Crippen molar-refractivity contribution in [3.63, 3.8) is 0 Å². The summed E-state index contributed by atoms with van der Waals surface area (Å²) in [5.41, 5.74) is 2.06. The number of rotatable bonds is 7. The van der Waals surface area contributed by atoms with E-state index in [0.29, 0.717) is 12.2 Å². The molecule has 0 bridgehead atoms. The zero-order valence-corrected chi connectivity index (χ0v) is 13.0. The van der Waals surface area contributed by atoms with Gasteiger partial charge in [0.1, 0.15) is 11.8 Å². The van der Waals surface area contributed by atoms with Gasteiger partial charge in [0.05, 0.1) is 0 Å². The van der Waals surface area contributed by atoms with E-state index < -0.39 is 17.9 Å². The van der Waals surface area contributed by atoms with E-state index >= 15 is 0 Å². The van der Waals surface area contributed by atoms with Crippen LogP contribution in [-0.2, 0) is 9.59 Å². The van der Waals surface area contributed by atoms with E-state index in [-0.39, 0.29) is 12.5 Å². The molecular weight excluding hydrogens is 270 g/mol. The van der Waals surface area contributed by atoms with Crippen molar-refractivity contribution in [1.82, 2.24) is 5.32 Å². The predicted molar refractivity (Wildman–Crippen MR) is 80.4 cm³/mol. The van der Waals surface area contributed by atoms with Crippen molar-refractivity contribution in [3.8, 4) is 5.75 Å². The van der Waals surface area contributed by atoms with E-state index in [1.807, 2.05) is 39.8 Å². The first-order valence-electron chi connectivity index (χ1n) is 7.01. The SMILES string of the molecule is Cc1ccc(OCC(=O)N[C@@H](CC(C)C)C(=O)O)c(C)c1. The summed E-state index contributed by atoms with van der Waals surface area (Å²) in [4.78, 5) is 22.9. The number of carboxylic acid groups (broad SMARTS) is 1. The lowest BCUT2D eigenvalue weighted by Gasteiger charge is -2.17. The Morgan fingerprint density at radius 3 is 2.48 bits per heavy atom. The number of carboxylic acids is 1. The first-order chi connectivity index (χ1) is 9.79. The third-order valence-electron chi connectivity index (χ3n) is 3.03. The molecule has 0 radical (unpaired) electrons.